The molecule has 0 saturated carbocycles. The van der Waals surface area contributed by atoms with E-state index in [4.69, 9.17) is 4.74 Å². The molecule has 1 saturated heterocycles. The minimum atomic E-state index is -4.66. The van der Waals surface area contributed by atoms with Gasteiger partial charge in [-0.3, -0.25) is 14.3 Å². The number of carbonyl (C=O) groups is 2. The van der Waals surface area contributed by atoms with Gasteiger partial charge < -0.3 is 15.4 Å². The first-order valence-electron chi connectivity index (χ1n) is 9.03. The van der Waals surface area contributed by atoms with Gasteiger partial charge in [-0.25, -0.2) is 0 Å². The lowest BCUT2D eigenvalue weighted by Crippen LogP contribution is -2.35. The Bertz CT molecular complexity index is 918. The molecule has 1 aromatic heterocycles. The van der Waals surface area contributed by atoms with Crippen LogP contribution in [0.15, 0.2) is 24.3 Å². The predicted octanol–water partition coefficient (Wildman–Crippen LogP) is 2.68. The fourth-order valence-electron chi connectivity index (χ4n) is 3.08. The molecule has 1 aliphatic heterocycles. The van der Waals surface area contributed by atoms with Crippen molar-refractivity contribution < 1.29 is 27.5 Å². The molecule has 29 heavy (non-hydrogen) atoms. The minimum absolute atomic E-state index is 0.112. The van der Waals surface area contributed by atoms with Crippen molar-refractivity contribution in [1.82, 2.24) is 15.1 Å². The average Bonchev–Trinajstić information content (AvgIpc) is 3.23. The normalized spacial score (nSPS) is 16.7. The van der Waals surface area contributed by atoms with E-state index < -0.39 is 23.6 Å². The largest absolute Gasteiger partial charge is 0.416 e. The standard InChI is InChI=1S/C19H21F3N4O3/c1-11-5-12(2)26(25-11)9-17(27)23-16-7-13(6-14(8-16)19(20,21)22)18(28)24-15-3-4-29-10-15/h5-8,15H,3-4,9-10H2,1-2H3,(H,23,27)(H,24,28). The first-order valence-corrected chi connectivity index (χ1v) is 9.03. The summed E-state index contributed by atoms with van der Waals surface area (Å²) in [5.41, 5.74) is 0.159. The van der Waals surface area contributed by atoms with Crippen molar-refractivity contribution in [1.29, 1.82) is 0 Å². The van der Waals surface area contributed by atoms with Crippen LogP contribution >= 0.6 is 0 Å². The highest BCUT2D eigenvalue weighted by Crippen LogP contribution is 2.32. The third kappa shape index (κ3) is 5.35. The number of benzene rings is 1. The van der Waals surface area contributed by atoms with Crippen molar-refractivity contribution in [2.45, 2.75) is 39.0 Å². The van der Waals surface area contributed by atoms with Gasteiger partial charge in [-0.1, -0.05) is 0 Å². The number of halogens is 3. The van der Waals surface area contributed by atoms with Gasteiger partial charge in [0.25, 0.3) is 5.91 Å². The predicted molar refractivity (Wildman–Crippen MR) is 98.5 cm³/mol. The molecule has 0 radical (unpaired) electrons. The fourth-order valence-corrected chi connectivity index (χ4v) is 3.08. The molecule has 156 valence electrons. The van der Waals surface area contributed by atoms with Crippen LogP contribution in [0.1, 0.15) is 33.7 Å². The zero-order valence-electron chi connectivity index (χ0n) is 16.0. The maximum atomic E-state index is 13.3. The number of rotatable bonds is 5. The van der Waals surface area contributed by atoms with Gasteiger partial charge in [-0.05, 0) is 44.5 Å². The third-order valence-electron chi connectivity index (χ3n) is 4.47. The summed E-state index contributed by atoms with van der Waals surface area (Å²) in [6.45, 7) is 4.19. The van der Waals surface area contributed by atoms with Gasteiger partial charge in [-0.2, -0.15) is 18.3 Å². The van der Waals surface area contributed by atoms with E-state index in [2.05, 4.69) is 15.7 Å². The van der Waals surface area contributed by atoms with E-state index in [9.17, 15) is 22.8 Å². The first-order chi connectivity index (χ1) is 13.6. The zero-order chi connectivity index (χ0) is 21.2. The van der Waals surface area contributed by atoms with Crippen molar-refractivity contribution in [3.05, 3.63) is 46.8 Å². The maximum Gasteiger partial charge on any atom is 0.416 e. The molecule has 2 amide bonds. The zero-order valence-corrected chi connectivity index (χ0v) is 16.0. The van der Waals surface area contributed by atoms with Crippen LogP contribution in [0.25, 0.3) is 0 Å². The summed E-state index contributed by atoms with van der Waals surface area (Å²) in [5.74, 6) is -1.20. The molecule has 2 aromatic rings. The lowest BCUT2D eigenvalue weighted by atomic mass is 10.1. The Kier molecular flexibility index (Phi) is 5.92. The number of ether oxygens (including phenoxy) is 1. The summed E-state index contributed by atoms with van der Waals surface area (Å²) in [5, 5.41) is 9.22. The number of hydrogen-bond donors (Lipinski definition) is 2. The Labute approximate surface area is 165 Å². The number of aryl methyl sites for hydroxylation is 2. The molecule has 2 heterocycles. The average molecular weight is 410 g/mol. The molecular weight excluding hydrogens is 389 g/mol. The first kappa shape index (κ1) is 20.8. The van der Waals surface area contributed by atoms with Crippen molar-refractivity contribution in [2.75, 3.05) is 18.5 Å². The topological polar surface area (TPSA) is 85.2 Å². The molecule has 2 N–H and O–H groups in total. The van der Waals surface area contributed by atoms with Crippen LogP contribution in [0.3, 0.4) is 0 Å². The highest BCUT2D eigenvalue weighted by atomic mass is 19.4. The molecule has 1 aliphatic rings. The Morgan fingerprint density at radius 3 is 2.59 bits per heavy atom. The van der Waals surface area contributed by atoms with E-state index in [-0.39, 0.29) is 23.8 Å². The Balaban J connectivity index is 1.80. The molecule has 7 nitrogen and oxygen atoms in total. The van der Waals surface area contributed by atoms with Gasteiger partial charge in [-0.15, -0.1) is 0 Å². The number of nitrogens with one attached hydrogen (secondary N) is 2. The highest BCUT2D eigenvalue weighted by Gasteiger charge is 2.32. The molecule has 0 spiro atoms. The van der Waals surface area contributed by atoms with Crippen LogP contribution in [0.4, 0.5) is 18.9 Å². The Hall–Kier alpha value is -2.88. The molecule has 10 heteroatoms. The van der Waals surface area contributed by atoms with Crippen LogP contribution in [-0.4, -0.2) is 40.9 Å². The molecule has 0 aliphatic carbocycles. The number of nitrogens with zero attached hydrogens (tertiary/aromatic N) is 2. The smallest absolute Gasteiger partial charge is 0.379 e. The van der Waals surface area contributed by atoms with E-state index in [0.29, 0.717) is 19.6 Å². The van der Waals surface area contributed by atoms with E-state index in [1.54, 1.807) is 19.9 Å². The molecule has 1 fully saturated rings. The van der Waals surface area contributed by atoms with Crippen LogP contribution in [0, 0.1) is 13.8 Å². The van der Waals surface area contributed by atoms with Gasteiger partial charge in [0, 0.05) is 23.6 Å². The van der Waals surface area contributed by atoms with E-state index in [0.717, 1.165) is 23.5 Å². The van der Waals surface area contributed by atoms with Gasteiger partial charge in [0.2, 0.25) is 5.91 Å². The molecule has 3 rings (SSSR count). The second-order valence-corrected chi connectivity index (χ2v) is 6.96. The second kappa shape index (κ2) is 8.24. The number of carbonyl (C=O) groups excluding carboxylic acids is 2. The van der Waals surface area contributed by atoms with E-state index in [1.807, 2.05) is 0 Å². The summed E-state index contributed by atoms with van der Waals surface area (Å²) in [6, 6.07) is 4.32. The van der Waals surface area contributed by atoms with Crippen molar-refractivity contribution >= 4 is 17.5 Å². The minimum Gasteiger partial charge on any atom is -0.379 e. The number of aromatic nitrogens is 2. The lowest BCUT2D eigenvalue weighted by molar-refractivity contribution is -0.137. The lowest BCUT2D eigenvalue weighted by Gasteiger charge is -2.15. The summed E-state index contributed by atoms with van der Waals surface area (Å²) in [7, 11) is 0. The van der Waals surface area contributed by atoms with E-state index in [1.165, 1.54) is 10.7 Å². The monoisotopic (exact) mass is 410 g/mol. The van der Waals surface area contributed by atoms with Crippen molar-refractivity contribution in [3.8, 4) is 0 Å². The van der Waals surface area contributed by atoms with Gasteiger partial charge >= 0.3 is 6.18 Å². The number of hydrogen-bond acceptors (Lipinski definition) is 4. The van der Waals surface area contributed by atoms with Crippen LogP contribution < -0.4 is 10.6 Å². The van der Waals surface area contributed by atoms with Gasteiger partial charge in [0.05, 0.1) is 23.9 Å². The fraction of sp³-hybridized carbons (Fsp3) is 0.421. The molecular formula is C19H21F3N4O3. The van der Waals surface area contributed by atoms with Crippen molar-refractivity contribution in [2.24, 2.45) is 0 Å². The quantitative estimate of drug-likeness (QED) is 0.794. The highest BCUT2D eigenvalue weighted by molar-refractivity contribution is 5.97. The SMILES string of the molecule is Cc1cc(C)n(CC(=O)Nc2cc(C(=O)NC3CCOC3)cc(C(F)(F)F)c2)n1. The third-order valence-corrected chi connectivity index (χ3v) is 4.47. The Morgan fingerprint density at radius 1 is 1.24 bits per heavy atom. The van der Waals surface area contributed by atoms with Gasteiger partial charge in [0.1, 0.15) is 6.54 Å². The van der Waals surface area contributed by atoms with Crippen LogP contribution in [0.5, 0.6) is 0 Å². The maximum absolute atomic E-state index is 13.3. The molecule has 1 aromatic carbocycles. The Morgan fingerprint density at radius 2 is 2.00 bits per heavy atom. The van der Waals surface area contributed by atoms with Crippen LogP contribution in [-0.2, 0) is 22.3 Å². The summed E-state index contributed by atoms with van der Waals surface area (Å²) < 4.78 is 46.4. The molecule has 0 bridgehead atoms. The molecule has 1 unspecified atom stereocenters. The molecule has 1 atom stereocenters. The number of alkyl halides is 3. The van der Waals surface area contributed by atoms with E-state index >= 15 is 0 Å². The second-order valence-electron chi connectivity index (χ2n) is 6.96. The summed E-state index contributed by atoms with van der Waals surface area (Å²) >= 11 is 0. The number of anilines is 1. The summed E-state index contributed by atoms with van der Waals surface area (Å²) in [4.78, 5) is 24.7. The summed E-state index contributed by atoms with van der Waals surface area (Å²) in [6.07, 6.45) is -4.07. The van der Waals surface area contributed by atoms with Gasteiger partial charge in [0.15, 0.2) is 0 Å². The number of amides is 2. The van der Waals surface area contributed by atoms with Crippen LogP contribution in [0.2, 0.25) is 0 Å². The van der Waals surface area contributed by atoms with Crippen molar-refractivity contribution in [3.63, 3.8) is 0 Å².